The lowest BCUT2D eigenvalue weighted by Gasteiger charge is -2.33. The van der Waals surface area contributed by atoms with Crippen LogP contribution in [0.4, 0.5) is 10.1 Å². The van der Waals surface area contributed by atoms with Crippen LogP contribution < -0.4 is 9.62 Å². The maximum absolute atomic E-state index is 14.2. The van der Waals surface area contributed by atoms with Crippen LogP contribution in [0.2, 0.25) is 5.02 Å². The predicted molar refractivity (Wildman–Crippen MR) is 162 cm³/mol. The number of anilines is 1. The number of aryl methyl sites for hydroxylation is 1. The van der Waals surface area contributed by atoms with Crippen LogP contribution in [0, 0.1) is 12.7 Å². The van der Waals surface area contributed by atoms with Gasteiger partial charge in [0.2, 0.25) is 11.8 Å². The Morgan fingerprint density at radius 3 is 2.07 bits per heavy atom. The number of sulfonamides is 1. The fourth-order valence-electron chi connectivity index (χ4n) is 4.48. The van der Waals surface area contributed by atoms with Gasteiger partial charge in [0.25, 0.3) is 10.0 Å². The number of hydrogen-bond acceptors (Lipinski definition) is 4. The molecule has 4 aromatic carbocycles. The summed E-state index contributed by atoms with van der Waals surface area (Å²) in [5, 5.41) is 3.03. The lowest BCUT2D eigenvalue weighted by molar-refractivity contribution is -0.139. The summed E-state index contributed by atoms with van der Waals surface area (Å²) in [6, 6.07) is 26.3. The van der Waals surface area contributed by atoms with Gasteiger partial charge in [-0.2, -0.15) is 0 Å². The van der Waals surface area contributed by atoms with E-state index in [4.69, 9.17) is 11.6 Å². The summed E-state index contributed by atoms with van der Waals surface area (Å²) < 4.78 is 42.6. The Hall–Kier alpha value is -4.21. The molecule has 42 heavy (non-hydrogen) atoms. The second kappa shape index (κ2) is 13.6. The minimum Gasteiger partial charge on any atom is -0.357 e. The molecule has 218 valence electrons. The van der Waals surface area contributed by atoms with Gasteiger partial charge in [-0.1, -0.05) is 71.8 Å². The minimum atomic E-state index is -4.21. The van der Waals surface area contributed by atoms with E-state index in [1.165, 1.54) is 72.6 Å². The maximum atomic E-state index is 14.2. The summed E-state index contributed by atoms with van der Waals surface area (Å²) in [6.45, 7) is 1.19. The van der Waals surface area contributed by atoms with E-state index in [2.05, 4.69) is 5.32 Å². The van der Waals surface area contributed by atoms with Gasteiger partial charge in [0.15, 0.2) is 0 Å². The van der Waals surface area contributed by atoms with Gasteiger partial charge in [-0.3, -0.25) is 13.9 Å². The van der Waals surface area contributed by atoms with Crippen LogP contribution in [0.25, 0.3) is 0 Å². The average Bonchev–Trinajstić information content (AvgIpc) is 2.99. The van der Waals surface area contributed by atoms with Gasteiger partial charge in [-0.25, -0.2) is 12.8 Å². The number of benzene rings is 4. The minimum absolute atomic E-state index is 0.00747. The van der Waals surface area contributed by atoms with Gasteiger partial charge in [-0.15, -0.1) is 0 Å². The number of hydrogen-bond donors (Lipinski definition) is 1. The van der Waals surface area contributed by atoms with Crippen molar-refractivity contribution in [3.8, 4) is 0 Å². The lowest BCUT2D eigenvalue weighted by Crippen LogP contribution is -2.53. The molecule has 0 saturated carbocycles. The Kier molecular flexibility index (Phi) is 9.98. The zero-order chi connectivity index (χ0) is 30.3. The van der Waals surface area contributed by atoms with Crippen molar-refractivity contribution in [1.29, 1.82) is 0 Å². The summed E-state index contributed by atoms with van der Waals surface area (Å²) in [4.78, 5) is 28.8. The highest BCUT2D eigenvalue weighted by Gasteiger charge is 2.34. The van der Waals surface area contributed by atoms with E-state index in [0.29, 0.717) is 10.6 Å². The Bertz CT molecular complexity index is 1620. The van der Waals surface area contributed by atoms with E-state index in [9.17, 15) is 22.4 Å². The lowest BCUT2D eigenvalue weighted by atomic mass is 10.0. The second-order valence-corrected chi connectivity index (χ2v) is 12.1. The first kappa shape index (κ1) is 30.7. The maximum Gasteiger partial charge on any atom is 0.264 e. The topological polar surface area (TPSA) is 86.8 Å². The Morgan fingerprint density at radius 2 is 1.48 bits per heavy atom. The van der Waals surface area contributed by atoms with Crippen molar-refractivity contribution in [2.24, 2.45) is 0 Å². The molecule has 1 atom stereocenters. The highest BCUT2D eigenvalue weighted by atomic mass is 35.5. The van der Waals surface area contributed by atoms with Crippen molar-refractivity contribution < 1.29 is 22.4 Å². The van der Waals surface area contributed by atoms with Gasteiger partial charge in [0.05, 0.1) is 10.6 Å². The van der Waals surface area contributed by atoms with E-state index in [1.807, 2.05) is 37.3 Å². The molecule has 0 heterocycles. The van der Waals surface area contributed by atoms with Crippen LogP contribution in [0.1, 0.15) is 16.7 Å². The number of amides is 2. The van der Waals surface area contributed by atoms with Crippen molar-refractivity contribution in [3.05, 3.63) is 131 Å². The zero-order valence-electron chi connectivity index (χ0n) is 23.2. The molecule has 0 aliphatic rings. The highest BCUT2D eigenvalue weighted by Crippen LogP contribution is 2.26. The smallest absolute Gasteiger partial charge is 0.264 e. The number of rotatable bonds is 11. The molecule has 0 bridgehead atoms. The number of halogens is 2. The number of nitrogens with one attached hydrogen (secondary N) is 1. The summed E-state index contributed by atoms with van der Waals surface area (Å²) in [6.07, 6.45) is 0.180. The molecule has 0 aliphatic heterocycles. The fourth-order valence-corrected chi connectivity index (χ4v) is 6.02. The number of nitrogens with zero attached hydrogens (tertiary/aromatic N) is 2. The van der Waals surface area contributed by atoms with Crippen LogP contribution in [0.15, 0.2) is 108 Å². The summed E-state index contributed by atoms with van der Waals surface area (Å²) in [5.74, 6) is -1.48. The van der Waals surface area contributed by atoms with Gasteiger partial charge >= 0.3 is 0 Å². The van der Waals surface area contributed by atoms with Crippen molar-refractivity contribution in [1.82, 2.24) is 10.2 Å². The third-order valence-corrected chi connectivity index (χ3v) is 8.83. The molecule has 0 radical (unpaired) electrons. The molecule has 7 nitrogen and oxygen atoms in total. The van der Waals surface area contributed by atoms with Crippen LogP contribution in [-0.2, 0) is 32.6 Å². The Morgan fingerprint density at radius 1 is 0.857 bits per heavy atom. The molecule has 4 rings (SSSR count). The molecule has 0 aliphatic carbocycles. The molecule has 0 unspecified atom stereocenters. The van der Waals surface area contributed by atoms with E-state index in [-0.39, 0.29) is 23.5 Å². The summed E-state index contributed by atoms with van der Waals surface area (Å²) in [5.41, 5.74) is 2.49. The molecule has 0 fully saturated rings. The van der Waals surface area contributed by atoms with Crippen LogP contribution in [0.5, 0.6) is 0 Å². The van der Waals surface area contributed by atoms with E-state index in [0.717, 1.165) is 15.4 Å². The van der Waals surface area contributed by atoms with Crippen molar-refractivity contribution >= 4 is 39.1 Å². The van der Waals surface area contributed by atoms with Crippen molar-refractivity contribution in [2.45, 2.75) is 30.8 Å². The quantitative estimate of drug-likeness (QED) is 0.248. The van der Waals surface area contributed by atoms with Gasteiger partial charge in [0, 0.05) is 25.0 Å². The average molecular weight is 608 g/mol. The highest BCUT2D eigenvalue weighted by molar-refractivity contribution is 7.92. The first-order valence-corrected chi connectivity index (χ1v) is 15.0. The van der Waals surface area contributed by atoms with Crippen LogP contribution in [-0.4, -0.2) is 44.8 Å². The molecule has 10 heteroatoms. The van der Waals surface area contributed by atoms with E-state index in [1.54, 1.807) is 12.1 Å². The monoisotopic (exact) mass is 607 g/mol. The predicted octanol–water partition coefficient (Wildman–Crippen LogP) is 5.37. The third-order valence-electron chi connectivity index (χ3n) is 6.79. The van der Waals surface area contributed by atoms with E-state index < -0.39 is 40.2 Å². The largest absolute Gasteiger partial charge is 0.357 e. The number of carbonyl (C=O) groups is 2. The van der Waals surface area contributed by atoms with Crippen molar-refractivity contribution in [2.75, 3.05) is 17.9 Å². The van der Waals surface area contributed by atoms with Crippen LogP contribution >= 0.6 is 11.6 Å². The molecule has 4 aromatic rings. The van der Waals surface area contributed by atoms with Crippen LogP contribution in [0.3, 0.4) is 0 Å². The number of carbonyl (C=O) groups excluding carboxylic acids is 2. The van der Waals surface area contributed by atoms with E-state index >= 15 is 0 Å². The van der Waals surface area contributed by atoms with Gasteiger partial charge in [-0.05, 0) is 66.6 Å². The molecule has 0 aromatic heterocycles. The molecular weight excluding hydrogens is 577 g/mol. The first-order chi connectivity index (χ1) is 20.1. The summed E-state index contributed by atoms with van der Waals surface area (Å²) >= 11 is 6.08. The van der Waals surface area contributed by atoms with Gasteiger partial charge < -0.3 is 10.2 Å². The standard InChI is InChI=1S/C32H31ClFN3O4S/c1-23-8-18-29(19-9-23)42(40,41)37(28-16-12-26(33)13-17-28)22-31(38)36(21-25-10-14-27(34)15-11-25)30(32(39)35-2)20-24-6-4-3-5-7-24/h3-19,30H,20-22H2,1-2H3,(H,35,39)/t30-/m0/s1. The molecular formula is C32H31ClFN3O4S. The summed E-state index contributed by atoms with van der Waals surface area (Å²) in [7, 11) is -2.73. The zero-order valence-corrected chi connectivity index (χ0v) is 24.8. The number of likely N-dealkylation sites (N-methyl/N-ethyl adjacent to an activating group) is 1. The third kappa shape index (κ3) is 7.54. The Labute approximate surface area is 250 Å². The molecule has 1 N–H and O–H groups in total. The van der Waals surface area contributed by atoms with Crippen molar-refractivity contribution in [3.63, 3.8) is 0 Å². The fraction of sp³-hybridized carbons (Fsp3) is 0.188. The molecule has 0 saturated heterocycles. The molecule has 2 amide bonds. The second-order valence-electron chi connectivity index (χ2n) is 9.77. The van der Waals surface area contributed by atoms with Gasteiger partial charge in [0.1, 0.15) is 18.4 Å². The first-order valence-electron chi connectivity index (χ1n) is 13.2. The Balaban J connectivity index is 1.77. The molecule has 0 spiro atoms. The normalized spacial score (nSPS) is 11.9. The SMILES string of the molecule is CNC(=O)[C@H](Cc1ccccc1)N(Cc1ccc(F)cc1)C(=O)CN(c1ccc(Cl)cc1)S(=O)(=O)c1ccc(C)cc1.